The molecule has 0 amide bonds. The van der Waals surface area contributed by atoms with Gasteiger partial charge in [0, 0.05) is 12.1 Å². The third-order valence-corrected chi connectivity index (χ3v) is 6.49. The predicted octanol–water partition coefficient (Wildman–Crippen LogP) is 4.17. The van der Waals surface area contributed by atoms with Crippen LogP contribution in [0.15, 0.2) is 24.3 Å². The first-order valence-corrected chi connectivity index (χ1v) is 8.66. The average molecular weight is 285 g/mol. The van der Waals surface area contributed by atoms with E-state index in [-0.39, 0.29) is 0 Å². The standard InChI is InChI=1S/C19H27NO/c1-12(13-5-3-6-15(9-13)21-2)20-19-11-14-10-18(19)17-8-4-7-16(14)17/h3,5-6,9,12,14,16-20H,4,7-8,10-11H2,1-2H3/t12?,14-,16+,17+,18-,19+/m0/s1. The molecule has 3 aliphatic carbocycles. The van der Waals surface area contributed by atoms with Crippen LogP contribution >= 0.6 is 0 Å². The van der Waals surface area contributed by atoms with Gasteiger partial charge in [0.15, 0.2) is 0 Å². The number of rotatable bonds is 4. The number of benzene rings is 1. The van der Waals surface area contributed by atoms with Crippen LogP contribution in [-0.4, -0.2) is 13.2 Å². The molecule has 0 heterocycles. The van der Waals surface area contributed by atoms with Crippen LogP contribution in [0.25, 0.3) is 0 Å². The first-order chi connectivity index (χ1) is 10.3. The molecule has 0 radical (unpaired) electrons. The van der Waals surface area contributed by atoms with Gasteiger partial charge in [0.25, 0.3) is 0 Å². The van der Waals surface area contributed by atoms with Gasteiger partial charge in [-0.05, 0) is 74.0 Å². The zero-order valence-electron chi connectivity index (χ0n) is 13.2. The molecule has 3 aliphatic rings. The van der Waals surface area contributed by atoms with Crippen molar-refractivity contribution in [1.29, 1.82) is 0 Å². The van der Waals surface area contributed by atoms with Crippen LogP contribution in [-0.2, 0) is 0 Å². The lowest BCUT2D eigenvalue weighted by Crippen LogP contribution is -2.40. The molecule has 2 bridgehead atoms. The molecule has 3 fully saturated rings. The number of methoxy groups -OCH3 is 1. The first kappa shape index (κ1) is 13.6. The van der Waals surface area contributed by atoms with Gasteiger partial charge in [0.05, 0.1) is 7.11 Å². The first-order valence-electron chi connectivity index (χ1n) is 8.66. The average Bonchev–Trinajstić information content (AvgIpc) is 3.19. The summed E-state index contributed by atoms with van der Waals surface area (Å²) in [5.74, 6) is 5.07. The maximum Gasteiger partial charge on any atom is 0.119 e. The SMILES string of the molecule is COc1cccc(C(C)N[C@@H]2C[C@@H]3C[C@H]2[C@@H]2CCC[C@H]32)c1. The van der Waals surface area contributed by atoms with Crippen molar-refractivity contribution in [3.05, 3.63) is 29.8 Å². The summed E-state index contributed by atoms with van der Waals surface area (Å²) in [6.45, 7) is 2.30. The molecule has 1 aromatic rings. The van der Waals surface area contributed by atoms with Crippen LogP contribution in [0.5, 0.6) is 5.75 Å². The fourth-order valence-corrected chi connectivity index (χ4v) is 5.59. The van der Waals surface area contributed by atoms with E-state index < -0.39 is 0 Å². The van der Waals surface area contributed by atoms with E-state index in [1.54, 1.807) is 7.11 Å². The van der Waals surface area contributed by atoms with Crippen LogP contribution < -0.4 is 10.1 Å². The Kier molecular flexibility index (Phi) is 3.45. The summed E-state index contributed by atoms with van der Waals surface area (Å²) in [6, 6.07) is 9.67. The summed E-state index contributed by atoms with van der Waals surface area (Å²) in [5, 5.41) is 3.93. The Labute approximate surface area is 128 Å². The number of ether oxygens (including phenoxy) is 1. The lowest BCUT2D eigenvalue weighted by Gasteiger charge is -2.34. The van der Waals surface area contributed by atoms with Crippen molar-refractivity contribution in [2.45, 2.75) is 51.1 Å². The van der Waals surface area contributed by atoms with Gasteiger partial charge in [-0.25, -0.2) is 0 Å². The minimum atomic E-state index is 0.421. The maximum absolute atomic E-state index is 5.35. The predicted molar refractivity (Wildman–Crippen MR) is 85.4 cm³/mol. The summed E-state index contributed by atoms with van der Waals surface area (Å²) in [4.78, 5) is 0. The second-order valence-corrected chi connectivity index (χ2v) is 7.43. The number of hydrogen-bond donors (Lipinski definition) is 1. The van der Waals surface area contributed by atoms with Crippen molar-refractivity contribution in [3.63, 3.8) is 0 Å². The fraction of sp³-hybridized carbons (Fsp3) is 0.684. The topological polar surface area (TPSA) is 21.3 Å². The van der Waals surface area contributed by atoms with E-state index in [0.29, 0.717) is 6.04 Å². The van der Waals surface area contributed by atoms with E-state index >= 15 is 0 Å². The van der Waals surface area contributed by atoms with E-state index in [4.69, 9.17) is 4.74 Å². The summed E-state index contributed by atoms with van der Waals surface area (Å²) in [6.07, 6.45) is 7.42. The molecular weight excluding hydrogens is 258 g/mol. The van der Waals surface area contributed by atoms with Crippen molar-refractivity contribution >= 4 is 0 Å². The second kappa shape index (κ2) is 5.31. The van der Waals surface area contributed by atoms with E-state index in [9.17, 15) is 0 Å². The molecule has 1 N–H and O–H groups in total. The van der Waals surface area contributed by atoms with Crippen LogP contribution in [0.1, 0.15) is 50.6 Å². The zero-order valence-corrected chi connectivity index (χ0v) is 13.2. The lowest BCUT2D eigenvalue weighted by atomic mass is 9.79. The van der Waals surface area contributed by atoms with Crippen LogP contribution in [0.3, 0.4) is 0 Å². The summed E-state index contributed by atoms with van der Waals surface area (Å²) in [7, 11) is 1.74. The molecule has 6 atom stereocenters. The Hall–Kier alpha value is -1.02. The number of fused-ring (bicyclic) bond motifs is 5. The van der Waals surface area contributed by atoms with Crippen LogP contribution in [0, 0.1) is 23.7 Å². The van der Waals surface area contributed by atoms with E-state index in [2.05, 4.69) is 30.4 Å². The van der Waals surface area contributed by atoms with Crippen molar-refractivity contribution in [3.8, 4) is 5.75 Å². The molecule has 2 heteroatoms. The van der Waals surface area contributed by atoms with Gasteiger partial charge in [0.1, 0.15) is 5.75 Å². The highest BCUT2D eigenvalue weighted by Gasteiger charge is 2.53. The Morgan fingerprint density at radius 3 is 2.86 bits per heavy atom. The number of hydrogen-bond acceptors (Lipinski definition) is 2. The minimum Gasteiger partial charge on any atom is -0.497 e. The molecule has 0 aromatic heterocycles. The van der Waals surface area contributed by atoms with Gasteiger partial charge in [-0.3, -0.25) is 0 Å². The molecule has 4 rings (SSSR count). The minimum absolute atomic E-state index is 0.421. The van der Waals surface area contributed by atoms with Gasteiger partial charge in [-0.2, -0.15) is 0 Å². The molecule has 0 aliphatic heterocycles. The van der Waals surface area contributed by atoms with Gasteiger partial charge in [-0.15, -0.1) is 0 Å². The molecule has 2 nitrogen and oxygen atoms in total. The van der Waals surface area contributed by atoms with Gasteiger partial charge < -0.3 is 10.1 Å². The van der Waals surface area contributed by atoms with Gasteiger partial charge in [-0.1, -0.05) is 18.6 Å². The van der Waals surface area contributed by atoms with Gasteiger partial charge in [0.2, 0.25) is 0 Å². The van der Waals surface area contributed by atoms with Crippen LogP contribution in [0.4, 0.5) is 0 Å². The zero-order chi connectivity index (χ0) is 14.4. The van der Waals surface area contributed by atoms with Crippen molar-refractivity contribution < 1.29 is 4.74 Å². The third-order valence-electron chi connectivity index (χ3n) is 6.49. The Morgan fingerprint density at radius 1 is 1.14 bits per heavy atom. The molecule has 3 saturated carbocycles. The second-order valence-electron chi connectivity index (χ2n) is 7.43. The highest BCUT2D eigenvalue weighted by atomic mass is 16.5. The Morgan fingerprint density at radius 2 is 2.00 bits per heavy atom. The molecule has 1 aromatic carbocycles. The van der Waals surface area contributed by atoms with E-state index in [1.165, 1.54) is 37.7 Å². The summed E-state index contributed by atoms with van der Waals surface area (Å²) >= 11 is 0. The third kappa shape index (κ3) is 2.28. The molecule has 0 spiro atoms. The highest BCUT2D eigenvalue weighted by molar-refractivity contribution is 5.30. The summed E-state index contributed by atoms with van der Waals surface area (Å²) in [5.41, 5.74) is 1.35. The fourth-order valence-electron chi connectivity index (χ4n) is 5.59. The smallest absolute Gasteiger partial charge is 0.119 e. The van der Waals surface area contributed by atoms with Crippen molar-refractivity contribution in [1.82, 2.24) is 5.32 Å². The monoisotopic (exact) mass is 285 g/mol. The molecule has 114 valence electrons. The quantitative estimate of drug-likeness (QED) is 0.896. The normalized spacial score (nSPS) is 38.5. The van der Waals surface area contributed by atoms with Crippen molar-refractivity contribution in [2.24, 2.45) is 23.7 Å². The van der Waals surface area contributed by atoms with Gasteiger partial charge >= 0.3 is 0 Å². The molecular formula is C19H27NO. The Balaban J connectivity index is 1.44. The molecule has 1 unspecified atom stereocenters. The molecule has 21 heavy (non-hydrogen) atoms. The highest BCUT2D eigenvalue weighted by Crippen LogP contribution is 2.58. The number of nitrogens with one attached hydrogen (secondary N) is 1. The van der Waals surface area contributed by atoms with E-state index in [1.807, 2.05) is 6.07 Å². The Bertz CT molecular complexity index is 514. The molecule has 0 saturated heterocycles. The van der Waals surface area contributed by atoms with Crippen molar-refractivity contribution in [2.75, 3.05) is 7.11 Å². The maximum atomic E-state index is 5.35. The lowest BCUT2D eigenvalue weighted by molar-refractivity contribution is 0.200. The van der Waals surface area contributed by atoms with E-state index in [0.717, 1.165) is 35.5 Å². The summed E-state index contributed by atoms with van der Waals surface area (Å²) < 4.78 is 5.35. The van der Waals surface area contributed by atoms with Crippen LogP contribution in [0.2, 0.25) is 0 Å². The largest absolute Gasteiger partial charge is 0.497 e.